The summed E-state index contributed by atoms with van der Waals surface area (Å²) in [5, 5.41) is 9.09. The van der Waals surface area contributed by atoms with Gasteiger partial charge in [-0.1, -0.05) is 12.1 Å². The van der Waals surface area contributed by atoms with E-state index < -0.39 is 0 Å². The molecule has 2 fully saturated rings. The highest BCUT2D eigenvalue weighted by Gasteiger charge is 2.34. The summed E-state index contributed by atoms with van der Waals surface area (Å²) in [6.07, 6.45) is 2.70. The Morgan fingerprint density at radius 1 is 1.22 bits per heavy atom. The molecule has 1 aromatic carbocycles. The maximum Gasteiger partial charge on any atom is 0.0681 e. The third-order valence-electron chi connectivity index (χ3n) is 4.39. The smallest absolute Gasteiger partial charge is 0.0681 e. The third-order valence-corrected chi connectivity index (χ3v) is 4.39. The Balaban J connectivity index is 1.77. The summed E-state index contributed by atoms with van der Waals surface area (Å²) in [6, 6.07) is 9.68. The fraction of sp³-hybridized carbons (Fsp3) is 0.600. The molecule has 2 atom stereocenters. The van der Waals surface area contributed by atoms with Crippen LogP contribution >= 0.6 is 0 Å². The number of rotatable bonds is 2. The SMILES string of the molecule is CC1CN2CCCC2CN1c1ccc(CO)cc1. The number of hydrogen-bond donors (Lipinski definition) is 1. The molecule has 3 heteroatoms. The first-order valence-electron chi connectivity index (χ1n) is 6.98. The molecule has 2 saturated heterocycles. The molecule has 98 valence electrons. The molecule has 0 radical (unpaired) electrons. The quantitative estimate of drug-likeness (QED) is 0.862. The summed E-state index contributed by atoms with van der Waals surface area (Å²) < 4.78 is 0. The lowest BCUT2D eigenvalue weighted by atomic mass is 10.1. The topological polar surface area (TPSA) is 26.7 Å². The number of aliphatic hydroxyl groups is 1. The van der Waals surface area contributed by atoms with Crippen LogP contribution < -0.4 is 4.90 Å². The minimum absolute atomic E-state index is 0.131. The minimum atomic E-state index is 0.131. The van der Waals surface area contributed by atoms with Crippen LogP contribution in [0.4, 0.5) is 5.69 Å². The Labute approximate surface area is 109 Å². The normalized spacial score (nSPS) is 28.4. The first-order chi connectivity index (χ1) is 8.78. The number of fused-ring (bicyclic) bond motifs is 1. The average molecular weight is 246 g/mol. The molecule has 0 bridgehead atoms. The molecule has 2 aliphatic rings. The highest BCUT2D eigenvalue weighted by atomic mass is 16.3. The van der Waals surface area contributed by atoms with Gasteiger partial charge in [-0.25, -0.2) is 0 Å². The fourth-order valence-electron chi connectivity index (χ4n) is 3.34. The van der Waals surface area contributed by atoms with Crippen molar-refractivity contribution in [1.82, 2.24) is 4.90 Å². The standard InChI is InChI=1S/C15H22N2O/c1-12-9-16-8-2-3-15(16)10-17(12)14-6-4-13(11-18)5-7-14/h4-7,12,15,18H,2-3,8-11H2,1H3. The molecule has 0 amide bonds. The van der Waals surface area contributed by atoms with Gasteiger partial charge < -0.3 is 10.0 Å². The maximum atomic E-state index is 9.09. The van der Waals surface area contributed by atoms with Crippen molar-refractivity contribution in [2.45, 2.75) is 38.5 Å². The molecule has 2 aliphatic heterocycles. The van der Waals surface area contributed by atoms with E-state index in [2.05, 4.69) is 28.9 Å². The molecule has 18 heavy (non-hydrogen) atoms. The molecule has 0 saturated carbocycles. The van der Waals surface area contributed by atoms with E-state index in [1.807, 2.05) is 12.1 Å². The molecule has 0 aliphatic carbocycles. The van der Waals surface area contributed by atoms with Gasteiger partial charge in [0, 0.05) is 30.9 Å². The van der Waals surface area contributed by atoms with Gasteiger partial charge in [0.1, 0.15) is 0 Å². The summed E-state index contributed by atoms with van der Waals surface area (Å²) >= 11 is 0. The predicted octanol–water partition coefficient (Wildman–Crippen LogP) is 1.85. The highest BCUT2D eigenvalue weighted by molar-refractivity contribution is 5.49. The molecule has 0 spiro atoms. The zero-order valence-electron chi connectivity index (χ0n) is 11.0. The minimum Gasteiger partial charge on any atom is -0.392 e. The molecule has 1 N–H and O–H groups in total. The zero-order chi connectivity index (χ0) is 12.5. The van der Waals surface area contributed by atoms with Crippen molar-refractivity contribution in [3.8, 4) is 0 Å². The van der Waals surface area contributed by atoms with Crippen LogP contribution in [0.1, 0.15) is 25.3 Å². The van der Waals surface area contributed by atoms with E-state index in [1.54, 1.807) is 0 Å². The summed E-state index contributed by atoms with van der Waals surface area (Å²) in [5.74, 6) is 0. The Morgan fingerprint density at radius 2 is 2.00 bits per heavy atom. The summed E-state index contributed by atoms with van der Waals surface area (Å²) in [4.78, 5) is 5.16. The van der Waals surface area contributed by atoms with Crippen molar-refractivity contribution in [2.75, 3.05) is 24.5 Å². The van der Waals surface area contributed by atoms with E-state index in [9.17, 15) is 0 Å². The number of hydrogen-bond acceptors (Lipinski definition) is 3. The second kappa shape index (κ2) is 4.90. The fourth-order valence-corrected chi connectivity index (χ4v) is 3.34. The number of anilines is 1. The Morgan fingerprint density at radius 3 is 2.72 bits per heavy atom. The molecule has 0 aromatic heterocycles. The van der Waals surface area contributed by atoms with Gasteiger partial charge in [0.2, 0.25) is 0 Å². The Hall–Kier alpha value is -1.06. The van der Waals surface area contributed by atoms with Gasteiger partial charge >= 0.3 is 0 Å². The molecular formula is C15H22N2O. The lowest BCUT2D eigenvalue weighted by Gasteiger charge is -2.43. The maximum absolute atomic E-state index is 9.09. The Bertz CT molecular complexity index is 403. The van der Waals surface area contributed by atoms with Crippen LogP contribution in [-0.2, 0) is 6.61 Å². The number of aliphatic hydroxyl groups excluding tert-OH is 1. The molecule has 3 nitrogen and oxygen atoms in total. The summed E-state index contributed by atoms with van der Waals surface area (Å²) in [7, 11) is 0. The van der Waals surface area contributed by atoms with Crippen molar-refractivity contribution < 1.29 is 5.11 Å². The largest absolute Gasteiger partial charge is 0.392 e. The second-order valence-electron chi connectivity index (χ2n) is 5.62. The van der Waals surface area contributed by atoms with E-state index in [0.29, 0.717) is 6.04 Å². The second-order valence-corrected chi connectivity index (χ2v) is 5.62. The van der Waals surface area contributed by atoms with Crippen LogP contribution in [-0.4, -0.2) is 41.7 Å². The first kappa shape index (κ1) is 12.0. The average Bonchev–Trinajstić information content (AvgIpc) is 2.85. The summed E-state index contributed by atoms with van der Waals surface area (Å²) in [6.45, 7) is 6.07. The lowest BCUT2D eigenvalue weighted by Crippen LogP contribution is -2.55. The third kappa shape index (κ3) is 2.13. The lowest BCUT2D eigenvalue weighted by molar-refractivity contribution is 0.203. The molecule has 3 rings (SSSR count). The number of benzene rings is 1. The van der Waals surface area contributed by atoms with E-state index >= 15 is 0 Å². The van der Waals surface area contributed by atoms with Crippen LogP contribution in [0.2, 0.25) is 0 Å². The zero-order valence-corrected chi connectivity index (χ0v) is 11.0. The van der Waals surface area contributed by atoms with Gasteiger partial charge in [-0.15, -0.1) is 0 Å². The van der Waals surface area contributed by atoms with Gasteiger partial charge in [-0.3, -0.25) is 4.90 Å². The van der Waals surface area contributed by atoms with Crippen molar-refractivity contribution in [2.24, 2.45) is 0 Å². The van der Waals surface area contributed by atoms with E-state index in [0.717, 1.165) is 18.2 Å². The van der Waals surface area contributed by atoms with E-state index in [1.165, 1.54) is 31.6 Å². The predicted molar refractivity (Wildman–Crippen MR) is 73.8 cm³/mol. The van der Waals surface area contributed by atoms with Gasteiger partial charge in [-0.05, 0) is 44.0 Å². The molecule has 2 unspecified atom stereocenters. The van der Waals surface area contributed by atoms with Gasteiger partial charge in [0.05, 0.1) is 6.61 Å². The number of nitrogens with zero attached hydrogens (tertiary/aromatic N) is 2. The summed E-state index contributed by atoms with van der Waals surface area (Å²) in [5.41, 5.74) is 2.29. The van der Waals surface area contributed by atoms with E-state index in [-0.39, 0.29) is 6.61 Å². The van der Waals surface area contributed by atoms with Crippen LogP contribution in [0.3, 0.4) is 0 Å². The van der Waals surface area contributed by atoms with Crippen molar-refractivity contribution in [3.63, 3.8) is 0 Å². The van der Waals surface area contributed by atoms with Gasteiger partial charge in [0.25, 0.3) is 0 Å². The Kier molecular flexibility index (Phi) is 3.27. The molecular weight excluding hydrogens is 224 g/mol. The molecule has 1 aromatic rings. The van der Waals surface area contributed by atoms with Gasteiger partial charge in [0.15, 0.2) is 0 Å². The van der Waals surface area contributed by atoms with E-state index in [4.69, 9.17) is 5.11 Å². The molecule has 2 heterocycles. The van der Waals surface area contributed by atoms with Crippen molar-refractivity contribution in [3.05, 3.63) is 29.8 Å². The van der Waals surface area contributed by atoms with Gasteiger partial charge in [-0.2, -0.15) is 0 Å². The first-order valence-corrected chi connectivity index (χ1v) is 6.98. The van der Waals surface area contributed by atoms with Crippen LogP contribution in [0.5, 0.6) is 0 Å². The van der Waals surface area contributed by atoms with Crippen molar-refractivity contribution in [1.29, 1.82) is 0 Å². The van der Waals surface area contributed by atoms with Crippen LogP contribution in [0.25, 0.3) is 0 Å². The van der Waals surface area contributed by atoms with Crippen molar-refractivity contribution >= 4 is 5.69 Å². The van der Waals surface area contributed by atoms with Crippen LogP contribution in [0, 0.1) is 0 Å². The number of piperazine rings is 1. The monoisotopic (exact) mass is 246 g/mol. The highest BCUT2D eigenvalue weighted by Crippen LogP contribution is 2.28. The van der Waals surface area contributed by atoms with Crippen LogP contribution in [0.15, 0.2) is 24.3 Å².